The first-order valence-electron chi connectivity index (χ1n) is 6.64. The van der Waals surface area contributed by atoms with E-state index in [4.69, 9.17) is 0 Å². The van der Waals surface area contributed by atoms with Crippen LogP contribution in [-0.2, 0) is 16.1 Å². The summed E-state index contributed by atoms with van der Waals surface area (Å²) < 4.78 is 4.44. The zero-order valence-corrected chi connectivity index (χ0v) is 12.1. The highest BCUT2D eigenvalue weighted by Gasteiger charge is 2.11. The summed E-state index contributed by atoms with van der Waals surface area (Å²) in [5.41, 5.74) is 0.824. The number of hydrogen-bond acceptors (Lipinski definition) is 6. The van der Waals surface area contributed by atoms with Gasteiger partial charge < -0.3 is 10.1 Å². The lowest BCUT2D eigenvalue weighted by Gasteiger charge is -2.02. The smallest absolute Gasteiger partial charge is 0.412 e. The zero-order chi connectivity index (χ0) is 16.2. The van der Waals surface area contributed by atoms with E-state index in [0.29, 0.717) is 5.82 Å². The molecule has 2 amide bonds. The van der Waals surface area contributed by atoms with Crippen LogP contribution in [0.1, 0.15) is 0 Å². The maximum absolute atomic E-state index is 12.0. The molecule has 0 spiro atoms. The summed E-state index contributed by atoms with van der Waals surface area (Å²) in [6.07, 6.45) is 0.651. The summed E-state index contributed by atoms with van der Waals surface area (Å²) in [6, 6.07) is 7.43. The Morgan fingerprint density at radius 2 is 2.13 bits per heavy atom. The van der Waals surface area contributed by atoms with Crippen LogP contribution < -0.4 is 10.6 Å². The largest absolute Gasteiger partial charge is 0.453 e. The van der Waals surface area contributed by atoms with Crippen molar-refractivity contribution in [2.75, 3.05) is 17.7 Å². The summed E-state index contributed by atoms with van der Waals surface area (Å²) in [6.45, 7) is -0.121. The predicted molar refractivity (Wildman–Crippen MR) is 80.8 cm³/mol. The summed E-state index contributed by atoms with van der Waals surface area (Å²) >= 11 is 0. The molecule has 10 heteroatoms. The van der Waals surface area contributed by atoms with Gasteiger partial charge in [-0.3, -0.25) is 15.2 Å². The Balaban J connectivity index is 1.64. The van der Waals surface area contributed by atoms with E-state index in [9.17, 15) is 9.59 Å². The Hall–Kier alpha value is -3.43. The Labute approximate surface area is 129 Å². The summed E-state index contributed by atoms with van der Waals surface area (Å²) in [5, 5.41) is 20.5. The topological polar surface area (TPSA) is 127 Å². The third-order valence-electron chi connectivity index (χ3n) is 2.97. The van der Waals surface area contributed by atoms with Crippen LogP contribution >= 0.6 is 0 Å². The molecule has 0 atom stereocenters. The number of ether oxygens (including phenoxy) is 1. The number of rotatable bonds is 4. The fraction of sp³-hybridized carbons (Fsp3) is 0.154. The van der Waals surface area contributed by atoms with Gasteiger partial charge in [-0.15, -0.1) is 5.10 Å². The molecule has 2 heterocycles. The van der Waals surface area contributed by atoms with Crippen molar-refractivity contribution < 1.29 is 14.3 Å². The van der Waals surface area contributed by atoms with Gasteiger partial charge in [0.15, 0.2) is 11.6 Å². The second-order valence-corrected chi connectivity index (χ2v) is 4.54. The zero-order valence-electron chi connectivity index (χ0n) is 12.1. The number of benzene rings is 1. The molecule has 1 aromatic carbocycles. The SMILES string of the molecule is COC(=O)Nc1cnn(CC(=O)Nc2n[nH]c3ccccc23)n1. The Morgan fingerprint density at radius 3 is 2.96 bits per heavy atom. The van der Waals surface area contributed by atoms with Crippen molar-refractivity contribution in [2.45, 2.75) is 6.54 Å². The quantitative estimate of drug-likeness (QED) is 0.658. The normalized spacial score (nSPS) is 10.5. The lowest BCUT2D eigenvalue weighted by Crippen LogP contribution is -2.21. The Bertz CT molecular complexity index is 854. The molecule has 0 saturated heterocycles. The van der Waals surface area contributed by atoms with Gasteiger partial charge in [0.25, 0.3) is 0 Å². The van der Waals surface area contributed by atoms with Crippen LogP contribution in [0.5, 0.6) is 0 Å². The molecule has 118 valence electrons. The van der Waals surface area contributed by atoms with Gasteiger partial charge in [0, 0.05) is 5.39 Å². The maximum atomic E-state index is 12.0. The molecule has 3 N–H and O–H groups in total. The number of nitrogens with zero attached hydrogens (tertiary/aromatic N) is 4. The van der Waals surface area contributed by atoms with Crippen molar-refractivity contribution in [3.8, 4) is 0 Å². The van der Waals surface area contributed by atoms with Gasteiger partial charge >= 0.3 is 6.09 Å². The Kier molecular flexibility index (Phi) is 3.87. The number of anilines is 2. The first-order chi connectivity index (χ1) is 11.2. The number of carbonyl (C=O) groups is 2. The van der Waals surface area contributed by atoms with Crippen LogP contribution in [0, 0.1) is 0 Å². The van der Waals surface area contributed by atoms with Crippen molar-refractivity contribution in [3.05, 3.63) is 30.5 Å². The molecule has 2 aromatic heterocycles. The number of amides is 2. The molecule has 3 rings (SSSR count). The number of para-hydroxylation sites is 1. The molecular formula is C13H13N7O3. The molecule has 10 nitrogen and oxygen atoms in total. The third-order valence-corrected chi connectivity index (χ3v) is 2.97. The van der Waals surface area contributed by atoms with E-state index in [2.05, 4.69) is 35.8 Å². The number of hydrogen-bond donors (Lipinski definition) is 3. The summed E-state index contributed by atoms with van der Waals surface area (Å²) in [7, 11) is 1.24. The standard InChI is InChI=1S/C13H13N7O3/c1-23-13(22)15-10-6-14-20(19-10)7-11(21)16-12-8-4-2-3-5-9(8)17-18-12/h2-6H,7H2,1H3,(H,15,19,22)(H2,16,17,18,21). The molecule has 0 radical (unpaired) electrons. The van der Waals surface area contributed by atoms with E-state index >= 15 is 0 Å². The van der Waals surface area contributed by atoms with Gasteiger partial charge in [0.2, 0.25) is 5.91 Å². The van der Waals surface area contributed by atoms with E-state index in [1.165, 1.54) is 13.3 Å². The van der Waals surface area contributed by atoms with Crippen LogP contribution in [0.2, 0.25) is 0 Å². The molecule has 3 aromatic rings. The minimum atomic E-state index is -0.663. The number of aromatic amines is 1. The number of fused-ring (bicyclic) bond motifs is 1. The van der Waals surface area contributed by atoms with Crippen molar-refractivity contribution in [1.29, 1.82) is 0 Å². The minimum Gasteiger partial charge on any atom is -0.453 e. The second-order valence-electron chi connectivity index (χ2n) is 4.54. The maximum Gasteiger partial charge on any atom is 0.412 e. The van der Waals surface area contributed by atoms with Crippen LogP contribution in [0.15, 0.2) is 30.5 Å². The Morgan fingerprint density at radius 1 is 1.30 bits per heavy atom. The molecule has 23 heavy (non-hydrogen) atoms. The summed E-state index contributed by atoms with van der Waals surface area (Å²) in [5.74, 6) is 0.281. The molecule has 0 fully saturated rings. The first kappa shape index (κ1) is 14.5. The van der Waals surface area contributed by atoms with Crippen molar-refractivity contribution in [2.24, 2.45) is 0 Å². The number of aromatic nitrogens is 5. The van der Waals surface area contributed by atoms with Crippen molar-refractivity contribution >= 4 is 34.5 Å². The van der Waals surface area contributed by atoms with Gasteiger partial charge in [0.05, 0.1) is 18.8 Å². The van der Waals surface area contributed by atoms with Gasteiger partial charge in [-0.25, -0.2) is 4.79 Å². The van der Waals surface area contributed by atoms with Gasteiger partial charge in [-0.2, -0.15) is 15.0 Å². The number of carbonyl (C=O) groups excluding carboxylic acids is 2. The number of methoxy groups -OCH3 is 1. The fourth-order valence-electron chi connectivity index (χ4n) is 1.95. The highest BCUT2D eigenvalue weighted by molar-refractivity contribution is 5.99. The molecule has 0 saturated carbocycles. The highest BCUT2D eigenvalue weighted by Crippen LogP contribution is 2.19. The van der Waals surface area contributed by atoms with E-state index in [1.807, 2.05) is 24.3 Å². The third kappa shape index (κ3) is 3.26. The van der Waals surface area contributed by atoms with Crippen molar-refractivity contribution in [3.63, 3.8) is 0 Å². The van der Waals surface area contributed by atoms with Gasteiger partial charge in [-0.05, 0) is 12.1 Å². The molecule has 0 unspecified atom stereocenters. The van der Waals surface area contributed by atoms with Gasteiger partial charge in [-0.1, -0.05) is 12.1 Å². The average molecular weight is 315 g/mol. The van der Waals surface area contributed by atoms with E-state index < -0.39 is 6.09 Å². The highest BCUT2D eigenvalue weighted by atomic mass is 16.5. The molecule has 0 aliphatic rings. The van der Waals surface area contributed by atoms with Crippen LogP contribution in [0.4, 0.5) is 16.4 Å². The van der Waals surface area contributed by atoms with E-state index in [-0.39, 0.29) is 18.3 Å². The first-order valence-corrected chi connectivity index (χ1v) is 6.64. The minimum absolute atomic E-state index is 0.121. The lowest BCUT2D eigenvalue weighted by molar-refractivity contribution is -0.117. The van der Waals surface area contributed by atoms with Crippen LogP contribution in [0.3, 0.4) is 0 Å². The predicted octanol–water partition coefficient (Wildman–Crippen LogP) is 0.971. The van der Waals surface area contributed by atoms with Crippen LogP contribution in [0.25, 0.3) is 10.9 Å². The number of nitrogens with one attached hydrogen (secondary N) is 3. The van der Waals surface area contributed by atoms with Crippen LogP contribution in [-0.4, -0.2) is 44.3 Å². The average Bonchev–Trinajstić information content (AvgIpc) is 3.15. The summed E-state index contributed by atoms with van der Waals surface area (Å²) in [4.78, 5) is 24.2. The van der Waals surface area contributed by atoms with Crippen molar-refractivity contribution in [1.82, 2.24) is 25.2 Å². The lowest BCUT2D eigenvalue weighted by atomic mass is 10.2. The molecule has 0 aliphatic carbocycles. The fourth-order valence-corrected chi connectivity index (χ4v) is 1.95. The molecule has 0 bridgehead atoms. The molecular weight excluding hydrogens is 302 g/mol. The molecule has 0 aliphatic heterocycles. The number of H-pyrrole nitrogens is 1. The van der Waals surface area contributed by atoms with E-state index in [0.717, 1.165) is 15.7 Å². The van der Waals surface area contributed by atoms with Gasteiger partial charge in [0.1, 0.15) is 6.54 Å². The second kappa shape index (κ2) is 6.13. The van der Waals surface area contributed by atoms with E-state index in [1.54, 1.807) is 0 Å². The monoisotopic (exact) mass is 315 g/mol.